The van der Waals surface area contributed by atoms with Crippen LogP contribution in [0.3, 0.4) is 0 Å². The molecule has 1 fully saturated rings. The van der Waals surface area contributed by atoms with Gasteiger partial charge in [-0.3, -0.25) is 4.79 Å². The SMILES string of the molecule is COc1ccc(S(=O)(=O)NCCC(=O)NCC2(C)CCNCC2)cc1OC. The Labute approximate surface area is 161 Å². The van der Waals surface area contributed by atoms with E-state index in [0.717, 1.165) is 25.9 Å². The second kappa shape index (κ2) is 9.38. The summed E-state index contributed by atoms with van der Waals surface area (Å²) in [7, 11) is -0.816. The Bertz CT molecular complexity index is 745. The Morgan fingerprint density at radius 3 is 2.48 bits per heavy atom. The monoisotopic (exact) mass is 399 g/mol. The lowest BCUT2D eigenvalue weighted by atomic mass is 9.81. The van der Waals surface area contributed by atoms with Crippen molar-refractivity contribution in [3.8, 4) is 11.5 Å². The number of benzene rings is 1. The molecular formula is C18H29N3O5S. The van der Waals surface area contributed by atoms with Gasteiger partial charge in [-0.1, -0.05) is 6.92 Å². The molecule has 0 unspecified atom stereocenters. The highest BCUT2D eigenvalue weighted by Crippen LogP contribution is 2.29. The van der Waals surface area contributed by atoms with Gasteiger partial charge in [-0.25, -0.2) is 13.1 Å². The van der Waals surface area contributed by atoms with Gasteiger partial charge in [-0.15, -0.1) is 0 Å². The van der Waals surface area contributed by atoms with Gasteiger partial charge in [0.05, 0.1) is 19.1 Å². The lowest BCUT2D eigenvalue weighted by Gasteiger charge is -2.34. The quantitative estimate of drug-likeness (QED) is 0.569. The molecule has 0 saturated carbocycles. The third-order valence-electron chi connectivity index (χ3n) is 4.83. The Kier molecular flexibility index (Phi) is 7.46. The van der Waals surface area contributed by atoms with E-state index in [9.17, 15) is 13.2 Å². The molecule has 0 bridgehead atoms. The van der Waals surface area contributed by atoms with Crippen LogP contribution in [0.1, 0.15) is 26.2 Å². The first-order chi connectivity index (χ1) is 12.8. The van der Waals surface area contributed by atoms with Crippen molar-refractivity contribution in [3.05, 3.63) is 18.2 Å². The van der Waals surface area contributed by atoms with E-state index in [4.69, 9.17) is 9.47 Å². The van der Waals surface area contributed by atoms with E-state index in [1.807, 2.05) is 0 Å². The molecule has 0 spiro atoms. The maximum Gasteiger partial charge on any atom is 0.240 e. The molecule has 0 aromatic heterocycles. The lowest BCUT2D eigenvalue weighted by molar-refractivity contribution is -0.121. The molecule has 1 aliphatic rings. The Morgan fingerprint density at radius 1 is 1.19 bits per heavy atom. The van der Waals surface area contributed by atoms with Gasteiger partial charge in [0.1, 0.15) is 0 Å². The topological polar surface area (TPSA) is 106 Å². The summed E-state index contributed by atoms with van der Waals surface area (Å²) in [6, 6.07) is 4.35. The van der Waals surface area contributed by atoms with Crippen molar-refractivity contribution < 1.29 is 22.7 Å². The van der Waals surface area contributed by atoms with Crippen LogP contribution in [0.2, 0.25) is 0 Å². The third kappa shape index (κ3) is 6.08. The molecular weight excluding hydrogens is 370 g/mol. The van der Waals surface area contributed by atoms with Crippen LogP contribution in [-0.2, 0) is 14.8 Å². The summed E-state index contributed by atoms with van der Waals surface area (Å²) in [6.07, 6.45) is 2.11. The Balaban J connectivity index is 1.83. The second-order valence-corrected chi connectivity index (χ2v) is 8.77. The van der Waals surface area contributed by atoms with Crippen LogP contribution >= 0.6 is 0 Å². The molecule has 1 aliphatic heterocycles. The molecule has 27 heavy (non-hydrogen) atoms. The number of hydrogen-bond donors (Lipinski definition) is 3. The van der Waals surface area contributed by atoms with E-state index in [0.29, 0.717) is 18.0 Å². The van der Waals surface area contributed by atoms with Crippen LogP contribution in [0.4, 0.5) is 0 Å². The van der Waals surface area contributed by atoms with Gasteiger partial charge in [0.2, 0.25) is 15.9 Å². The molecule has 8 nitrogen and oxygen atoms in total. The fraction of sp³-hybridized carbons (Fsp3) is 0.611. The molecule has 0 aliphatic carbocycles. The van der Waals surface area contributed by atoms with Crippen molar-refractivity contribution in [2.45, 2.75) is 31.1 Å². The van der Waals surface area contributed by atoms with Crippen molar-refractivity contribution in [2.75, 3.05) is 40.4 Å². The van der Waals surface area contributed by atoms with E-state index in [1.54, 1.807) is 0 Å². The molecule has 152 valence electrons. The highest BCUT2D eigenvalue weighted by atomic mass is 32.2. The third-order valence-corrected chi connectivity index (χ3v) is 6.29. The number of carbonyl (C=O) groups is 1. The summed E-state index contributed by atoms with van der Waals surface area (Å²) in [5.41, 5.74) is 0.0973. The first kappa shape index (κ1) is 21.5. The number of rotatable bonds is 9. The molecule has 0 atom stereocenters. The highest BCUT2D eigenvalue weighted by molar-refractivity contribution is 7.89. The summed E-state index contributed by atoms with van der Waals surface area (Å²) in [5.74, 6) is 0.611. The largest absolute Gasteiger partial charge is 0.493 e. The predicted molar refractivity (Wildman–Crippen MR) is 103 cm³/mol. The van der Waals surface area contributed by atoms with Crippen molar-refractivity contribution in [3.63, 3.8) is 0 Å². The highest BCUT2D eigenvalue weighted by Gasteiger charge is 2.27. The average Bonchev–Trinajstić information content (AvgIpc) is 2.66. The van der Waals surface area contributed by atoms with Crippen molar-refractivity contribution in [2.24, 2.45) is 5.41 Å². The fourth-order valence-corrected chi connectivity index (χ4v) is 4.02. The van der Waals surface area contributed by atoms with Crippen LogP contribution in [0, 0.1) is 5.41 Å². The molecule has 0 radical (unpaired) electrons. The molecule has 9 heteroatoms. The molecule has 1 heterocycles. The van der Waals surface area contributed by atoms with Gasteiger partial charge in [-0.05, 0) is 43.5 Å². The zero-order valence-corrected chi connectivity index (χ0v) is 16.9. The summed E-state index contributed by atoms with van der Waals surface area (Å²) in [5, 5.41) is 6.22. The van der Waals surface area contributed by atoms with E-state index in [1.165, 1.54) is 32.4 Å². The number of amides is 1. The number of methoxy groups -OCH3 is 2. The van der Waals surface area contributed by atoms with Gasteiger partial charge >= 0.3 is 0 Å². The van der Waals surface area contributed by atoms with Crippen molar-refractivity contribution in [1.82, 2.24) is 15.4 Å². The minimum atomic E-state index is -3.73. The fourth-order valence-electron chi connectivity index (χ4n) is 2.97. The van der Waals surface area contributed by atoms with Crippen LogP contribution in [0.5, 0.6) is 11.5 Å². The normalized spacial score (nSPS) is 16.6. The zero-order valence-electron chi connectivity index (χ0n) is 16.1. The Hall–Kier alpha value is -1.84. The lowest BCUT2D eigenvalue weighted by Crippen LogP contribution is -2.43. The van der Waals surface area contributed by atoms with Gasteiger partial charge in [0, 0.05) is 25.6 Å². The number of hydrogen-bond acceptors (Lipinski definition) is 6. The van der Waals surface area contributed by atoms with Crippen LogP contribution in [0.15, 0.2) is 23.1 Å². The molecule has 1 saturated heterocycles. The smallest absolute Gasteiger partial charge is 0.240 e. The standard InChI is InChI=1S/C18H29N3O5S/c1-18(7-10-19-11-8-18)13-20-17(22)6-9-21-27(23,24)14-4-5-15(25-2)16(12-14)26-3/h4-5,12,19,21H,6-11,13H2,1-3H3,(H,20,22). The maximum atomic E-state index is 12.4. The molecule has 1 aromatic rings. The maximum absolute atomic E-state index is 12.4. The molecule has 1 aromatic carbocycles. The Morgan fingerprint density at radius 2 is 1.85 bits per heavy atom. The summed E-state index contributed by atoms with van der Waals surface area (Å²) < 4.78 is 37.5. The second-order valence-electron chi connectivity index (χ2n) is 7.00. The van der Waals surface area contributed by atoms with Gasteiger partial charge in [0.15, 0.2) is 11.5 Å². The number of nitrogens with one attached hydrogen (secondary N) is 3. The van der Waals surface area contributed by atoms with E-state index < -0.39 is 10.0 Å². The van der Waals surface area contributed by atoms with E-state index >= 15 is 0 Å². The van der Waals surface area contributed by atoms with E-state index in [2.05, 4.69) is 22.3 Å². The average molecular weight is 400 g/mol. The zero-order chi connectivity index (χ0) is 19.9. The minimum absolute atomic E-state index is 0.0286. The summed E-state index contributed by atoms with van der Waals surface area (Å²) in [6.45, 7) is 4.71. The molecule has 3 N–H and O–H groups in total. The first-order valence-electron chi connectivity index (χ1n) is 8.99. The number of piperidine rings is 1. The minimum Gasteiger partial charge on any atom is -0.493 e. The summed E-state index contributed by atoms with van der Waals surface area (Å²) in [4.78, 5) is 12.1. The van der Waals surface area contributed by atoms with Gasteiger partial charge < -0.3 is 20.1 Å². The van der Waals surface area contributed by atoms with Crippen molar-refractivity contribution in [1.29, 1.82) is 0 Å². The molecule has 1 amide bonds. The number of carbonyl (C=O) groups excluding carboxylic acids is 1. The van der Waals surface area contributed by atoms with E-state index in [-0.39, 0.29) is 29.2 Å². The summed E-state index contributed by atoms with van der Waals surface area (Å²) >= 11 is 0. The first-order valence-corrected chi connectivity index (χ1v) is 10.5. The molecule has 2 rings (SSSR count). The van der Waals surface area contributed by atoms with Crippen molar-refractivity contribution >= 4 is 15.9 Å². The van der Waals surface area contributed by atoms with Crippen LogP contribution in [-0.4, -0.2) is 54.7 Å². The van der Waals surface area contributed by atoms with Gasteiger partial charge in [-0.2, -0.15) is 0 Å². The number of ether oxygens (including phenoxy) is 2. The number of sulfonamides is 1. The van der Waals surface area contributed by atoms with Crippen LogP contribution in [0.25, 0.3) is 0 Å². The van der Waals surface area contributed by atoms with Gasteiger partial charge in [0.25, 0.3) is 0 Å². The predicted octanol–water partition coefficient (Wildman–Crippen LogP) is 0.878. The van der Waals surface area contributed by atoms with Crippen LogP contribution < -0.4 is 24.8 Å².